The maximum atomic E-state index is 11.1. The monoisotopic (exact) mass is 283 g/mol. The summed E-state index contributed by atoms with van der Waals surface area (Å²) in [5.74, 6) is 0.252. The summed E-state index contributed by atoms with van der Waals surface area (Å²) < 4.78 is 7.24. The van der Waals surface area contributed by atoms with Gasteiger partial charge in [-0.2, -0.15) is 0 Å². The van der Waals surface area contributed by atoms with Crippen LogP contribution in [0.2, 0.25) is 0 Å². The maximum absolute atomic E-state index is 11.1. The minimum atomic E-state index is -0.991. The van der Waals surface area contributed by atoms with Crippen molar-refractivity contribution >= 4 is 11.6 Å². The second-order valence-electron chi connectivity index (χ2n) is 4.40. The third kappa shape index (κ3) is 2.31. The highest BCUT2D eigenvalue weighted by Gasteiger charge is 2.14. The fourth-order valence-corrected chi connectivity index (χ4v) is 2.13. The second-order valence-corrected chi connectivity index (χ2v) is 4.40. The van der Waals surface area contributed by atoms with Gasteiger partial charge in [0.05, 0.1) is 17.7 Å². The largest absolute Gasteiger partial charge is 0.493 e. The summed E-state index contributed by atoms with van der Waals surface area (Å²) in [6, 6.07) is 10.6. The maximum Gasteiger partial charge on any atom is 0.337 e. The molecule has 0 spiro atoms. The van der Waals surface area contributed by atoms with Gasteiger partial charge in [-0.25, -0.2) is 4.79 Å². The van der Waals surface area contributed by atoms with E-state index in [4.69, 9.17) is 9.84 Å². The summed E-state index contributed by atoms with van der Waals surface area (Å²) in [4.78, 5) is 11.1. The molecule has 0 aliphatic rings. The third-order valence-electron chi connectivity index (χ3n) is 3.08. The molecule has 0 unspecified atom stereocenters. The van der Waals surface area contributed by atoms with E-state index in [0.717, 1.165) is 5.56 Å². The van der Waals surface area contributed by atoms with Crippen LogP contribution in [0.4, 0.5) is 0 Å². The summed E-state index contributed by atoms with van der Waals surface area (Å²) in [6.45, 7) is 2.44. The number of para-hydroxylation sites is 1. The molecular formula is C15H13N3O3. The van der Waals surface area contributed by atoms with Gasteiger partial charge >= 0.3 is 5.97 Å². The van der Waals surface area contributed by atoms with Crippen LogP contribution in [-0.4, -0.2) is 32.3 Å². The second kappa shape index (κ2) is 5.24. The van der Waals surface area contributed by atoms with E-state index >= 15 is 0 Å². The normalized spacial score (nSPS) is 10.7. The van der Waals surface area contributed by atoms with Crippen LogP contribution < -0.4 is 4.74 Å². The van der Waals surface area contributed by atoms with Gasteiger partial charge in [-0.3, -0.25) is 4.40 Å². The van der Waals surface area contributed by atoms with Gasteiger partial charge in [0.1, 0.15) is 5.75 Å². The van der Waals surface area contributed by atoms with Crippen molar-refractivity contribution < 1.29 is 14.6 Å². The Bertz CT molecular complexity index is 811. The Morgan fingerprint density at radius 1 is 1.24 bits per heavy atom. The SMILES string of the molecule is CCOc1ccccc1-c1nnc2ccc(C(=O)O)cn12. The quantitative estimate of drug-likeness (QED) is 0.796. The number of hydrogen-bond acceptors (Lipinski definition) is 4. The number of rotatable bonds is 4. The van der Waals surface area contributed by atoms with Gasteiger partial charge in [-0.1, -0.05) is 12.1 Å². The van der Waals surface area contributed by atoms with Crippen molar-refractivity contribution in [1.82, 2.24) is 14.6 Å². The lowest BCUT2D eigenvalue weighted by molar-refractivity contribution is 0.0696. The Kier molecular flexibility index (Phi) is 3.27. The summed E-state index contributed by atoms with van der Waals surface area (Å²) in [5, 5.41) is 17.3. The molecule has 0 aliphatic heterocycles. The molecule has 0 amide bonds. The number of carbonyl (C=O) groups is 1. The molecule has 6 heteroatoms. The predicted molar refractivity (Wildman–Crippen MR) is 76.6 cm³/mol. The molecule has 1 N–H and O–H groups in total. The van der Waals surface area contributed by atoms with Crippen LogP contribution >= 0.6 is 0 Å². The molecule has 2 aromatic heterocycles. The molecule has 6 nitrogen and oxygen atoms in total. The van der Waals surface area contributed by atoms with Crippen molar-refractivity contribution in [3.05, 3.63) is 48.2 Å². The number of aromatic carboxylic acids is 1. The van der Waals surface area contributed by atoms with E-state index in [0.29, 0.717) is 23.8 Å². The van der Waals surface area contributed by atoms with Crippen LogP contribution in [-0.2, 0) is 0 Å². The zero-order valence-corrected chi connectivity index (χ0v) is 11.4. The zero-order chi connectivity index (χ0) is 14.8. The Morgan fingerprint density at radius 3 is 2.81 bits per heavy atom. The van der Waals surface area contributed by atoms with Gasteiger partial charge in [-0.15, -0.1) is 10.2 Å². The van der Waals surface area contributed by atoms with Crippen molar-refractivity contribution in [1.29, 1.82) is 0 Å². The number of pyridine rings is 1. The molecule has 0 fully saturated rings. The number of benzene rings is 1. The summed E-state index contributed by atoms with van der Waals surface area (Å²) in [5.41, 5.74) is 1.54. The van der Waals surface area contributed by atoms with E-state index in [-0.39, 0.29) is 5.56 Å². The number of carboxylic acids is 1. The van der Waals surface area contributed by atoms with E-state index in [1.165, 1.54) is 12.3 Å². The Hall–Kier alpha value is -2.89. The number of carboxylic acid groups (broad SMARTS) is 1. The van der Waals surface area contributed by atoms with Crippen molar-refractivity contribution in [2.24, 2.45) is 0 Å². The topological polar surface area (TPSA) is 76.7 Å². The molecule has 0 radical (unpaired) electrons. The van der Waals surface area contributed by atoms with Crippen LogP contribution in [0.3, 0.4) is 0 Å². The molecule has 0 bridgehead atoms. The van der Waals surface area contributed by atoms with E-state index in [1.54, 1.807) is 10.5 Å². The van der Waals surface area contributed by atoms with Crippen molar-refractivity contribution in [2.45, 2.75) is 6.92 Å². The van der Waals surface area contributed by atoms with Gasteiger partial charge in [0.25, 0.3) is 0 Å². The number of nitrogens with zero attached hydrogens (tertiary/aromatic N) is 3. The van der Waals surface area contributed by atoms with Crippen molar-refractivity contribution in [3.8, 4) is 17.1 Å². The van der Waals surface area contributed by atoms with Crippen LogP contribution in [0.25, 0.3) is 17.0 Å². The highest BCUT2D eigenvalue weighted by Crippen LogP contribution is 2.28. The standard InChI is InChI=1S/C15H13N3O3/c1-2-21-12-6-4-3-5-11(12)14-17-16-13-8-7-10(15(19)20)9-18(13)14/h3-9H,2H2,1H3,(H,19,20). The average molecular weight is 283 g/mol. The lowest BCUT2D eigenvalue weighted by Crippen LogP contribution is -2.00. The Balaban J connectivity index is 2.21. The fourth-order valence-electron chi connectivity index (χ4n) is 2.13. The van der Waals surface area contributed by atoms with E-state index < -0.39 is 5.97 Å². The number of ether oxygens (including phenoxy) is 1. The molecule has 3 rings (SSSR count). The average Bonchev–Trinajstić information content (AvgIpc) is 2.91. The third-order valence-corrected chi connectivity index (χ3v) is 3.08. The predicted octanol–water partition coefficient (Wildman–Crippen LogP) is 2.49. The van der Waals surface area contributed by atoms with Gasteiger partial charge in [0, 0.05) is 6.20 Å². The van der Waals surface area contributed by atoms with E-state index in [9.17, 15) is 4.79 Å². The first-order chi connectivity index (χ1) is 10.2. The van der Waals surface area contributed by atoms with Crippen molar-refractivity contribution in [3.63, 3.8) is 0 Å². The molecule has 0 saturated carbocycles. The molecule has 2 heterocycles. The van der Waals surface area contributed by atoms with Crippen LogP contribution in [0.1, 0.15) is 17.3 Å². The molecule has 3 aromatic rings. The van der Waals surface area contributed by atoms with E-state index in [1.807, 2.05) is 31.2 Å². The van der Waals surface area contributed by atoms with Crippen LogP contribution in [0.5, 0.6) is 5.75 Å². The summed E-state index contributed by atoms with van der Waals surface area (Å²) in [7, 11) is 0. The first kappa shape index (κ1) is 13.1. The highest BCUT2D eigenvalue weighted by atomic mass is 16.5. The molecular weight excluding hydrogens is 270 g/mol. The first-order valence-electron chi connectivity index (χ1n) is 6.51. The lowest BCUT2D eigenvalue weighted by atomic mass is 10.2. The molecule has 106 valence electrons. The number of hydrogen-bond donors (Lipinski definition) is 1. The number of fused-ring (bicyclic) bond motifs is 1. The smallest absolute Gasteiger partial charge is 0.337 e. The summed E-state index contributed by atoms with van der Waals surface area (Å²) >= 11 is 0. The number of aromatic nitrogens is 3. The first-order valence-corrected chi connectivity index (χ1v) is 6.51. The molecule has 0 atom stereocenters. The molecule has 0 saturated heterocycles. The minimum Gasteiger partial charge on any atom is -0.493 e. The van der Waals surface area contributed by atoms with Gasteiger partial charge in [-0.05, 0) is 31.2 Å². The molecule has 0 aliphatic carbocycles. The van der Waals surface area contributed by atoms with Gasteiger partial charge < -0.3 is 9.84 Å². The summed E-state index contributed by atoms with van der Waals surface area (Å²) in [6.07, 6.45) is 1.51. The molecule has 1 aromatic carbocycles. The van der Waals surface area contributed by atoms with Gasteiger partial charge in [0.2, 0.25) is 0 Å². The van der Waals surface area contributed by atoms with Gasteiger partial charge in [0.15, 0.2) is 11.5 Å². The Morgan fingerprint density at radius 2 is 2.05 bits per heavy atom. The highest BCUT2D eigenvalue weighted by molar-refractivity contribution is 5.87. The van der Waals surface area contributed by atoms with Crippen LogP contribution in [0, 0.1) is 0 Å². The lowest BCUT2D eigenvalue weighted by Gasteiger charge is -2.08. The van der Waals surface area contributed by atoms with Crippen LogP contribution in [0.15, 0.2) is 42.6 Å². The van der Waals surface area contributed by atoms with Crippen molar-refractivity contribution in [2.75, 3.05) is 6.61 Å². The minimum absolute atomic E-state index is 0.178. The molecule has 21 heavy (non-hydrogen) atoms. The zero-order valence-electron chi connectivity index (χ0n) is 11.4. The Labute approximate surface area is 120 Å². The fraction of sp³-hybridized carbons (Fsp3) is 0.133. The van der Waals surface area contributed by atoms with E-state index in [2.05, 4.69) is 10.2 Å².